The van der Waals surface area contributed by atoms with Crippen LogP contribution in [0.3, 0.4) is 0 Å². The van der Waals surface area contributed by atoms with E-state index in [9.17, 15) is 0 Å². The van der Waals surface area contributed by atoms with Gasteiger partial charge in [-0.3, -0.25) is 0 Å². The van der Waals surface area contributed by atoms with Crippen molar-refractivity contribution in [2.45, 2.75) is 32.4 Å². The normalized spacial score (nSPS) is 12.4. The van der Waals surface area contributed by atoms with Crippen LogP contribution >= 0.6 is 12.4 Å². The molecular weight excluding hydrogens is 310 g/mol. The maximum absolute atomic E-state index is 5.34. The number of fused-ring (bicyclic) bond motifs is 1. The molecule has 0 fully saturated rings. The van der Waals surface area contributed by atoms with Crippen molar-refractivity contribution in [1.82, 2.24) is 5.32 Å². The molecule has 23 heavy (non-hydrogen) atoms. The first-order valence-electron chi connectivity index (χ1n) is 7.82. The van der Waals surface area contributed by atoms with Gasteiger partial charge < -0.3 is 14.8 Å². The maximum atomic E-state index is 5.34. The first kappa shape index (κ1) is 17.6. The molecule has 3 nitrogen and oxygen atoms in total. The van der Waals surface area contributed by atoms with Gasteiger partial charge in [-0.2, -0.15) is 0 Å². The molecule has 0 amide bonds. The molecule has 0 radical (unpaired) electrons. The Balaban J connectivity index is 0.00000192. The van der Waals surface area contributed by atoms with Crippen molar-refractivity contribution in [2.75, 3.05) is 14.2 Å². The number of ether oxygens (including phenoxy) is 2. The van der Waals surface area contributed by atoms with Gasteiger partial charge in [-0.25, -0.2) is 0 Å². The average molecular weight is 334 g/mol. The molecule has 0 spiro atoms. The zero-order valence-electron chi connectivity index (χ0n) is 13.7. The summed E-state index contributed by atoms with van der Waals surface area (Å²) in [7, 11) is 3.32. The molecule has 0 saturated carbocycles. The lowest BCUT2D eigenvalue weighted by Crippen LogP contribution is -2.13. The number of nitrogens with one attached hydrogen (secondary N) is 1. The van der Waals surface area contributed by atoms with Crippen LogP contribution < -0.4 is 14.8 Å². The van der Waals surface area contributed by atoms with E-state index in [1.807, 2.05) is 12.1 Å². The van der Waals surface area contributed by atoms with Crippen molar-refractivity contribution in [2.24, 2.45) is 0 Å². The molecule has 2 aromatic rings. The van der Waals surface area contributed by atoms with Crippen LogP contribution in [-0.2, 0) is 25.9 Å². The third-order valence-corrected chi connectivity index (χ3v) is 4.27. The number of hydrogen-bond donors (Lipinski definition) is 1. The van der Waals surface area contributed by atoms with Crippen LogP contribution in [0, 0.1) is 0 Å². The number of hydrogen-bond acceptors (Lipinski definition) is 3. The fourth-order valence-corrected chi connectivity index (χ4v) is 3.08. The van der Waals surface area contributed by atoms with E-state index in [1.54, 1.807) is 14.2 Å². The van der Waals surface area contributed by atoms with Gasteiger partial charge in [0.2, 0.25) is 0 Å². The largest absolute Gasteiger partial charge is 0.493 e. The predicted octanol–water partition coefficient (Wildman–Crippen LogP) is 3.90. The molecule has 0 heterocycles. The average Bonchev–Trinajstić information content (AvgIpc) is 3.02. The van der Waals surface area contributed by atoms with E-state index in [1.165, 1.54) is 41.5 Å². The highest BCUT2D eigenvalue weighted by atomic mass is 35.5. The SMILES string of the molecule is COc1ccc(CNCc2ccc3c(c2)CCC3)cc1OC.Cl. The number of rotatable bonds is 6. The Morgan fingerprint density at radius 1 is 0.826 bits per heavy atom. The summed E-state index contributed by atoms with van der Waals surface area (Å²) in [5, 5.41) is 3.50. The summed E-state index contributed by atoms with van der Waals surface area (Å²) in [6, 6.07) is 12.9. The molecule has 0 saturated heterocycles. The second kappa shape index (κ2) is 8.23. The van der Waals surface area contributed by atoms with Gasteiger partial charge in [-0.15, -0.1) is 12.4 Å². The molecule has 3 rings (SSSR count). The van der Waals surface area contributed by atoms with E-state index in [4.69, 9.17) is 9.47 Å². The van der Waals surface area contributed by atoms with Crippen molar-refractivity contribution in [3.63, 3.8) is 0 Å². The fraction of sp³-hybridized carbons (Fsp3) is 0.368. The Kier molecular flexibility index (Phi) is 6.31. The van der Waals surface area contributed by atoms with Crippen molar-refractivity contribution in [3.8, 4) is 11.5 Å². The number of methoxy groups -OCH3 is 2. The van der Waals surface area contributed by atoms with Gasteiger partial charge in [-0.05, 0) is 53.6 Å². The first-order valence-corrected chi connectivity index (χ1v) is 7.82. The van der Waals surface area contributed by atoms with Crippen molar-refractivity contribution >= 4 is 12.4 Å². The van der Waals surface area contributed by atoms with Crippen LogP contribution in [0.1, 0.15) is 28.7 Å². The molecule has 0 aromatic heterocycles. The summed E-state index contributed by atoms with van der Waals surface area (Å²) in [5.41, 5.74) is 5.62. The fourth-order valence-electron chi connectivity index (χ4n) is 3.08. The quantitative estimate of drug-likeness (QED) is 0.869. The number of aryl methyl sites for hydroxylation is 2. The minimum absolute atomic E-state index is 0. The lowest BCUT2D eigenvalue weighted by atomic mass is 10.1. The molecule has 0 atom stereocenters. The lowest BCUT2D eigenvalue weighted by Gasteiger charge is -2.11. The Bertz CT molecular complexity index is 658. The van der Waals surface area contributed by atoms with Gasteiger partial charge in [0.05, 0.1) is 14.2 Å². The molecule has 124 valence electrons. The highest BCUT2D eigenvalue weighted by Gasteiger charge is 2.10. The van der Waals surface area contributed by atoms with Gasteiger partial charge in [0.15, 0.2) is 11.5 Å². The van der Waals surface area contributed by atoms with Gasteiger partial charge in [0.1, 0.15) is 0 Å². The molecule has 0 aliphatic heterocycles. The zero-order chi connectivity index (χ0) is 15.4. The molecule has 4 heteroatoms. The highest BCUT2D eigenvalue weighted by Crippen LogP contribution is 2.27. The topological polar surface area (TPSA) is 30.5 Å². The van der Waals surface area contributed by atoms with Crippen LogP contribution in [0.5, 0.6) is 11.5 Å². The van der Waals surface area contributed by atoms with E-state index in [2.05, 4.69) is 29.6 Å². The van der Waals surface area contributed by atoms with Crippen molar-refractivity contribution < 1.29 is 9.47 Å². The van der Waals surface area contributed by atoms with Crippen molar-refractivity contribution in [3.05, 3.63) is 58.7 Å². The predicted molar refractivity (Wildman–Crippen MR) is 95.8 cm³/mol. The number of halogens is 1. The van der Waals surface area contributed by atoms with Gasteiger partial charge in [0, 0.05) is 13.1 Å². The lowest BCUT2D eigenvalue weighted by molar-refractivity contribution is 0.354. The molecule has 0 bridgehead atoms. The first-order chi connectivity index (χ1) is 10.8. The molecule has 0 unspecified atom stereocenters. The minimum atomic E-state index is 0. The van der Waals surface area contributed by atoms with Gasteiger partial charge in [-0.1, -0.05) is 24.3 Å². The van der Waals surface area contributed by atoms with Gasteiger partial charge in [0.25, 0.3) is 0 Å². The zero-order valence-corrected chi connectivity index (χ0v) is 14.5. The van der Waals surface area contributed by atoms with E-state index >= 15 is 0 Å². The smallest absolute Gasteiger partial charge is 0.161 e. The molecule has 1 N–H and O–H groups in total. The van der Waals surface area contributed by atoms with E-state index < -0.39 is 0 Å². The summed E-state index contributed by atoms with van der Waals surface area (Å²) >= 11 is 0. The molecular formula is C19H24ClNO2. The molecule has 1 aliphatic rings. The second-order valence-corrected chi connectivity index (χ2v) is 5.75. The third-order valence-electron chi connectivity index (χ3n) is 4.27. The standard InChI is InChI=1S/C19H23NO2.ClH/c1-21-18-9-7-15(11-19(18)22-2)13-20-12-14-6-8-16-4-3-5-17(16)10-14;/h6-11,20H,3-5,12-13H2,1-2H3;1H. The van der Waals surface area contributed by atoms with Crippen LogP contribution in [-0.4, -0.2) is 14.2 Å². The highest BCUT2D eigenvalue weighted by molar-refractivity contribution is 5.85. The summed E-state index contributed by atoms with van der Waals surface area (Å²) in [5.74, 6) is 1.55. The third kappa shape index (κ3) is 4.18. The second-order valence-electron chi connectivity index (χ2n) is 5.75. The molecule has 1 aliphatic carbocycles. The monoisotopic (exact) mass is 333 g/mol. The maximum Gasteiger partial charge on any atom is 0.161 e. The Morgan fingerprint density at radius 2 is 1.48 bits per heavy atom. The van der Waals surface area contributed by atoms with Crippen LogP contribution in [0.2, 0.25) is 0 Å². The Hall–Kier alpha value is -1.71. The van der Waals surface area contributed by atoms with E-state index in [0.29, 0.717) is 0 Å². The van der Waals surface area contributed by atoms with Crippen LogP contribution in [0.25, 0.3) is 0 Å². The van der Waals surface area contributed by atoms with Crippen LogP contribution in [0.4, 0.5) is 0 Å². The number of benzene rings is 2. The van der Waals surface area contributed by atoms with Crippen molar-refractivity contribution in [1.29, 1.82) is 0 Å². The van der Waals surface area contributed by atoms with Crippen LogP contribution in [0.15, 0.2) is 36.4 Å². The summed E-state index contributed by atoms with van der Waals surface area (Å²) in [6.07, 6.45) is 3.78. The van der Waals surface area contributed by atoms with E-state index in [-0.39, 0.29) is 12.4 Å². The minimum Gasteiger partial charge on any atom is -0.493 e. The summed E-state index contributed by atoms with van der Waals surface area (Å²) in [6.45, 7) is 1.71. The molecule has 2 aromatic carbocycles. The Labute approximate surface area is 144 Å². The van der Waals surface area contributed by atoms with E-state index in [0.717, 1.165) is 24.6 Å². The summed E-state index contributed by atoms with van der Waals surface area (Å²) < 4.78 is 10.6. The van der Waals surface area contributed by atoms with Gasteiger partial charge >= 0.3 is 0 Å². The Morgan fingerprint density at radius 3 is 2.22 bits per heavy atom. The summed E-state index contributed by atoms with van der Waals surface area (Å²) in [4.78, 5) is 0.